The van der Waals surface area contributed by atoms with Crippen molar-refractivity contribution in [2.45, 2.75) is 58.8 Å². The summed E-state index contributed by atoms with van der Waals surface area (Å²) in [7, 11) is 0. The van der Waals surface area contributed by atoms with Crippen LogP contribution in [0.1, 0.15) is 58.8 Å². The lowest BCUT2D eigenvalue weighted by Crippen LogP contribution is -2.14. The highest BCUT2D eigenvalue weighted by molar-refractivity contribution is 5.55. The fourth-order valence-electron chi connectivity index (χ4n) is 4.99. The molecule has 20 heavy (non-hydrogen) atoms. The fourth-order valence-corrected chi connectivity index (χ4v) is 4.99. The highest BCUT2D eigenvalue weighted by Crippen LogP contribution is 2.50. The predicted molar refractivity (Wildman–Crippen MR) is 85.4 cm³/mol. The molecule has 0 heteroatoms. The Kier molecular flexibility index (Phi) is 3.02. The normalized spacial score (nSPS) is 36.3. The van der Waals surface area contributed by atoms with Crippen molar-refractivity contribution < 1.29 is 0 Å². The van der Waals surface area contributed by atoms with Gasteiger partial charge in [-0.25, -0.2) is 0 Å². The Labute approximate surface area is 123 Å². The first-order valence-corrected chi connectivity index (χ1v) is 8.61. The van der Waals surface area contributed by atoms with E-state index in [2.05, 4.69) is 32.1 Å². The van der Waals surface area contributed by atoms with E-state index in [0.29, 0.717) is 11.8 Å². The first kappa shape index (κ1) is 12.7. The van der Waals surface area contributed by atoms with Crippen LogP contribution in [0.15, 0.2) is 46.1 Å². The van der Waals surface area contributed by atoms with Gasteiger partial charge in [0.25, 0.3) is 0 Å². The first-order chi connectivity index (χ1) is 9.75. The van der Waals surface area contributed by atoms with Crippen molar-refractivity contribution in [1.29, 1.82) is 0 Å². The Hall–Kier alpha value is -1.04. The first-order valence-electron chi connectivity index (χ1n) is 8.61. The van der Waals surface area contributed by atoms with Gasteiger partial charge in [-0.05, 0) is 73.5 Å². The summed E-state index contributed by atoms with van der Waals surface area (Å²) in [5.41, 5.74) is 8.67. The van der Waals surface area contributed by atoms with Crippen LogP contribution in [-0.2, 0) is 0 Å². The van der Waals surface area contributed by atoms with Crippen LogP contribution in [-0.4, -0.2) is 0 Å². The van der Waals surface area contributed by atoms with Crippen LogP contribution in [0.25, 0.3) is 0 Å². The summed E-state index contributed by atoms with van der Waals surface area (Å²) in [4.78, 5) is 0. The fraction of sp³-hybridized carbons (Fsp3) is 0.600. The average molecular weight is 266 g/mol. The summed E-state index contributed by atoms with van der Waals surface area (Å²) in [6.45, 7) is 4.87. The number of hydrogen-bond acceptors (Lipinski definition) is 0. The lowest BCUT2D eigenvalue weighted by atomic mass is 9.76. The zero-order valence-electron chi connectivity index (χ0n) is 12.9. The maximum absolute atomic E-state index is 2.60. The number of allylic oxidation sites excluding steroid dienone is 8. The van der Waals surface area contributed by atoms with E-state index < -0.39 is 0 Å². The van der Waals surface area contributed by atoms with Gasteiger partial charge in [-0.15, -0.1) is 0 Å². The molecule has 3 unspecified atom stereocenters. The molecule has 0 aromatic heterocycles. The maximum atomic E-state index is 2.60. The van der Waals surface area contributed by atoms with Crippen molar-refractivity contribution in [2.24, 2.45) is 17.8 Å². The van der Waals surface area contributed by atoms with Gasteiger partial charge in [0.1, 0.15) is 0 Å². The summed E-state index contributed by atoms with van der Waals surface area (Å²) < 4.78 is 0. The van der Waals surface area contributed by atoms with E-state index >= 15 is 0 Å². The monoisotopic (exact) mass is 266 g/mol. The minimum atomic E-state index is 0.640. The third kappa shape index (κ3) is 1.80. The molecular weight excluding hydrogens is 240 g/mol. The molecule has 0 spiro atoms. The standard InChI is InChI=1S/C20H26/c1-13-6-5-9-16-14(2)12-19(20(13)16)18-11-10-15-7-3-4-8-17(15)18/h10-14,18H,3-9H2,1-2H3. The second kappa shape index (κ2) is 4.76. The summed E-state index contributed by atoms with van der Waals surface area (Å²) >= 11 is 0. The van der Waals surface area contributed by atoms with Crippen molar-refractivity contribution in [3.05, 3.63) is 46.1 Å². The number of hydrogen-bond donors (Lipinski definition) is 0. The van der Waals surface area contributed by atoms with Gasteiger partial charge < -0.3 is 0 Å². The lowest BCUT2D eigenvalue weighted by Gasteiger charge is -2.28. The van der Waals surface area contributed by atoms with Crippen molar-refractivity contribution >= 4 is 0 Å². The summed E-state index contributed by atoms with van der Waals surface area (Å²) in [6, 6.07) is 0. The number of rotatable bonds is 1. The van der Waals surface area contributed by atoms with Gasteiger partial charge in [0.05, 0.1) is 0 Å². The molecule has 0 aromatic carbocycles. The molecule has 0 radical (unpaired) electrons. The Morgan fingerprint density at radius 2 is 1.75 bits per heavy atom. The van der Waals surface area contributed by atoms with E-state index in [4.69, 9.17) is 0 Å². The van der Waals surface area contributed by atoms with E-state index in [9.17, 15) is 0 Å². The van der Waals surface area contributed by atoms with Crippen LogP contribution in [0.2, 0.25) is 0 Å². The quantitative estimate of drug-likeness (QED) is 0.568. The smallest absolute Gasteiger partial charge is 0.0237 e. The maximum Gasteiger partial charge on any atom is 0.0237 e. The Balaban J connectivity index is 1.73. The molecule has 0 heterocycles. The molecule has 106 valence electrons. The molecule has 4 aliphatic carbocycles. The minimum absolute atomic E-state index is 0.640. The third-order valence-electron chi connectivity index (χ3n) is 5.97. The third-order valence-corrected chi connectivity index (χ3v) is 5.97. The van der Waals surface area contributed by atoms with Gasteiger partial charge in [0, 0.05) is 5.92 Å². The molecule has 0 fully saturated rings. The Bertz CT molecular complexity index is 553. The average Bonchev–Trinajstić information content (AvgIpc) is 3.01. The molecular formula is C20H26. The molecule has 4 rings (SSSR count). The van der Waals surface area contributed by atoms with Gasteiger partial charge in [-0.2, -0.15) is 0 Å². The van der Waals surface area contributed by atoms with Crippen LogP contribution in [0.3, 0.4) is 0 Å². The van der Waals surface area contributed by atoms with E-state index in [1.54, 1.807) is 27.9 Å². The molecule has 0 saturated heterocycles. The van der Waals surface area contributed by atoms with Crippen LogP contribution >= 0.6 is 0 Å². The van der Waals surface area contributed by atoms with Crippen molar-refractivity contribution in [1.82, 2.24) is 0 Å². The van der Waals surface area contributed by atoms with Crippen molar-refractivity contribution in [2.75, 3.05) is 0 Å². The van der Waals surface area contributed by atoms with E-state index in [0.717, 1.165) is 5.92 Å². The van der Waals surface area contributed by atoms with Gasteiger partial charge in [-0.3, -0.25) is 0 Å². The zero-order chi connectivity index (χ0) is 13.7. The largest absolute Gasteiger partial charge is 0.0732 e. The molecule has 0 bridgehead atoms. The topological polar surface area (TPSA) is 0 Å². The van der Waals surface area contributed by atoms with E-state index in [-0.39, 0.29) is 0 Å². The molecule has 0 amide bonds. The molecule has 0 saturated carbocycles. The van der Waals surface area contributed by atoms with Gasteiger partial charge in [0.15, 0.2) is 0 Å². The second-order valence-corrected chi connectivity index (χ2v) is 7.24. The lowest BCUT2D eigenvalue weighted by molar-refractivity contribution is 0.524. The van der Waals surface area contributed by atoms with Gasteiger partial charge in [-0.1, -0.05) is 43.2 Å². The second-order valence-electron chi connectivity index (χ2n) is 7.24. The van der Waals surface area contributed by atoms with E-state index in [1.807, 2.05) is 0 Å². The highest BCUT2D eigenvalue weighted by Gasteiger charge is 2.35. The van der Waals surface area contributed by atoms with Gasteiger partial charge in [0.2, 0.25) is 0 Å². The van der Waals surface area contributed by atoms with Crippen molar-refractivity contribution in [3.63, 3.8) is 0 Å². The minimum Gasteiger partial charge on any atom is -0.0732 e. The molecule has 0 nitrogen and oxygen atoms in total. The van der Waals surface area contributed by atoms with Crippen LogP contribution < -0.4 is 0 Å². The van der Waals surface area contributed by atoms with Crippen molar-refractivity contribution in [3.8, 4) is 0 Å². The molecule has 0 aliphatic heterocycles. The molecule has 4 aliphatic rings. The predicted octanol–water partition coefficient (Wildman–Crippen LogP) is 5.74. The molecule has 0 aromatic rings. The Morgan fingerprint density at radius 1 is 0.950 bits per heavy atom. The van der Waals surface area contributed by atoms with Gasteiger partial charge >= 0.3 is 0 Å². The highest BCUT2D eigenvalue weighted by atomic mass is 14.4. The van der Waals surface area contributed by atoms with Crippen LogP contribution in [0, 0.1) is 17.8 Å². The molecule has 0 N–H and O–H groups in total. The SMILES string of the molecule is CC1C=C(C2C=CC3=C2CCCC3)C2=C1CCCC2C. The van der Waals surface area contributed by atoms with Crippen LogP contribution in [0.5, 0.6) is 0 Å². The van der Waals surface area contributed by atoms with Crippen LogP contribution in [0.4, 0.5) is 0 Å². The zero-order valence-corrected chi connectivity index (χ0v) is 12.9. The Morgan fingerprint density at radius 3 is 2.65 bits per heavy atom. The molecule has 3 atom stereocenters. The van der Waals surface area contributed by atoms with E-state index in [1.165, 1.54) is 44.9 Å². The summed E-state index contributed by atoms with van der Waals surface area (Å²) in [6.07, 6.45) is 17.2. The summed E-state index contributed by atoms with van der Waals surface area (Å²) in [5, 5.41) is 0. The summed E-state index contributed by atoms with van der Waals surface area (Å²) in [5.74, 6) is 2.13.